The molecule has 0 aliphatic heterocycles. The Bertz CT molecular complexity index is 315. The molecule has 76 valence electrons. The number of hydrogen-bond acceptors (Lipinski definition) is 2. The van der Waals surface area contributed by atoms with Crippen LogP contribution in [0.2, 0.25) is 0 Å². The second-order valence-electron chi connectivity index (χ2n) is 2.95. The van der Waals surface area contributed by atoms with Crippen LogP contribution in [0.5, 0.6) is 0 Å². The molecule has 3 nitrogen and oxygen atoms in total. The van der Waals surface area contributed by atoms with E-state index in [0.29, 0.717) is 18.7 Å². The van der Waals surface area contributed by atoms with Gasteiger partial charge in [0.2, 0.25) is 5.91 Å². The minimum atomic E-state index is -0.325. The van der Waals surface area contributed by atoms with Crippen LogP contribution in [0.15, 0.2) is 24.3 Å². The fourth-order valence-corrected chi connectivity index (χ4v) is 1.11. The van der Waals surface area contributed by atoms with Crippen molar-refractivity contribution >= 4 is 5.91 Å². The number of amides is 1. The Morgan fingerprint density at radius 2 is 2.29 bits per heavy atom. The molecule has 0 radical (unpaired) electrons. The van der Waals surface area contributed by atoms with Crippen molar-refractivity contribution < 1.29 is 9.18 Å². The van der Waals surface area contributed by atoms with Crippen LogP contribution in [0.1, 0.15) is 5.56 Å². The summed E-state index contributed by atoms with van der Waals surface area (Å²) in [7, 11) is 0. The summed E-state index contributed by atoms with van der Waals surface area (Å²) in [4.78, 5) is 11.2. The Morgan fingerprint density at radius 1 is 1.50 bits per heavy atom. The molecule has 14 heavy (non-hydrogen) atoms. The minimum Gasteiger partial charge on any atom is -0.355 e. The van der Waals surface area contributed by atoms with Gasteiger partial charge in [0.1, 0.15) is 5.82 Å². The fraction of sp³-hybridized carbons (Fsp3) is 0.300. The van der Waals surface area contributed by atoms with E-state index in [1.807, 2.05) is 0 Å². The molecule has 0 aliphatic rings. The first-order chi connectivity index (χ1) is 6.72. The molecule has 0 saturated carbocycles. The summed E-state index contributed by atoms with van der Waals surface area (Å²) in [5.41, 5.74) is 5.89. The lowest BCUT2D eigenvalue weighted by Gasteiger charge is -2.03. The minimum absolute atomic E-state index is 0.138. The van der Waals surface area contributed by atoms with Crippen molar-refractivity contribution in [1.29, 1.82) is 0 Å². The number of carbonyl (C=O) groups is 1. The Morgan fingerprint density at radius 3 is 2.93 bits per heavy atom. The molecule has 3 N–H and O–H groups in total. The van der Waals surface area contributed by atoms with Gasteiger partial charge in [-0.25, -0.2) is 4.39 Å². The predicted molar refractivity (Wildman–Crippen MR) is 52.2 cm³/mol. The van der Waals surface area contributed by atoms with Crippen LogP contribution >= 0.6 is 0 Å². The number of nitrogens with two attached hydrogens (primary N) is 1. The van der Waals surface area contributed by atoms with Crippen molar-refractivity contribution in [2.45, 2.75) is 6.42 Å². The molecule has 0 atom stereocenters. The number of benzene rings is 1. The smallest absolute Gasteiger partial charge is 0.224 e. The van der Waals surface area contributed by atoms with Crippen molar-refractivity contribution in [2.75, 3.05) is 13.1 Å². The first kappa shape index (κ1) is 10.7. The Balaban J connectivity index is 2.47. The first-order valence-electron chi connectivity index (χ1n) is 4.43. The summed E-state index contributed by atoms with van der Waals surface area (Å²) in [6.07, 6.45) is 0.192. The van der Waals surface area contributed by atoms with E-state index in [9.17, 15) is 9.18 Å². The standard InChI is InChI=1S/C10H13FN2O/c11-9-3-1-2-8(6-9)7-10(14)13-5-4-12/h1-3,6H,4-5,7,12H2,(H,13,14). The van der Waals surface area contributed by atoms with Gasteiger partial charge in [-0.3, -0.25) is 4.79 Å². The normalized spacial score (nSPS) is 9.86. The van der Waals surface area contributed by atoms with E-state index in [1.54, 1.807) is 12.1 Å². The van der Waals surface area contributed by atoms with Gasteiger partial charge in [0.25, 0.3) is 0 Å². The molecular formula is C10H13FN2O. The maximum Gasteiger partial charge on any atom is 0.224 e. The average Bonchev–Trinajstić information content (AvgIpc) is 2.15. The van der Waals surface area contributed by atoms with Crippen LogP contribution in [0.4, 0.5) is 4.39 Å². The maximum absolute atomic E-state index is 12.7. The van der Waals surface area contributed by atoms with Crippen LogP contribution in [0.25, 0.3) is 0 Å². The lowest BCUT2D eigenvalue weighted by Crippen LogP contribution is -2.30. The molecule has 1 amide bonds. The van der Waals surface area contributed by atoms with Gasteiger partial charge in [0, 0.05) is 13.1 Å². The molecular weight excluding hydrogens is 183 g/mol. The molecule has 0 bridgehead atoms. The van der Waals surface area contributed by atoms with Gasteiger partial charge in [0.15, 0.2) is 0 Å². The number of carbonyl (C=O) groups excluding carboxylic acids is 1. The summed E-state index contributed by atoms with van der Waals surface area (Å²) < 4.78 is 12.7. The topological polar surface area (TPSA) is 55.1 Å². The lowest BCUT2D eigenvalue weighted by atomic mass is 10.1. The molecule has 0 unspecified atom stereocenters. The average molecular weight is 196 g/mol. The second-order valence-corrected chi connectivity index (χ2v) is 2.95. The third kappa shape index (κ3) is 3.53. The quantitative estimate of drug-likeness (QED) is 0.734. The SMILES string of the molecule is NCCNC(=O)Cc1cccc(F)c1. The first-order valence-corrected chi connectivity index (χ1v) is 4.43. The third-order valence-corrected chi connectivity index (χ3v) is 1.72. The molecule has 1 aromatic rings. The van der Waals surface area contributed by atoms with E-state index >= 15 is 0 Å². The Kier molecular flexibility index (Phi) is 4.07. The molecule has 4 heteroatoms. The Hall–Kier alpha value is -1.42. The monoisotopic (exact) mass is 196 g/mol. The van der Waals surface area contributed by atoms with Gasteiger partial charge >= 0.3 is 0 Å². The highest BCUT2D eigenvalue weighted by molar-refractivity contribution is 5.78. The maximum atomic E-state index is 12.7. The van der Waals surface area contributed by atoms with Crippen LogP contribution < -0.4 is 11.1 Å². The highest BCUT2D eigenvalue weighted by atomic mass is 19.1. The summed E-state index contributed by atoms with van der Waals surface area (Å²) >= 11 is 0. The molecule has 0 spiro atoms. The summed E-state index contributed by atoms with van der Waals surface area (Å²) in [5, 5.41) is 2.61. The highest BCUT2D eigenvalue weighted by Gasteiger charge is 2.02. The molecule has 0 aromatic heterocycles. The van der Waals surface area contributed by atoms with Gasteiger partial charge in [0.05, 0.1) is 6.42 Å². The van der Waals surface area contributed by atoms with E-state index in [4.69, 9.17) is 5.73 Å². The van der Waals surface area contributed by atoms with Crippen molar-refractivity contribution in [3.05, 3.63) is 35.6 Å². The van der Waals surface area contributed by atoms with Gasteiger partial charge in [-0.1, -0.05) is 12.1 Å². The second kappa shape index (κ2) is 5.34. The zero-order valence-electron chi connectivity index (χ0n) is 7.79. The highest BCUT2D eigenvalue weighted by Crippen LogP contribution is 2.03. The van der Waals surface area contributed by atoms with E-state index in [0.717, 1.165) is 0 Å². The van der Waals surface area contributed by atoms with Gasteiger partial charge < -0.3 is 11.1 Å². The van der Waals surface area contributed by atoms with E-state index in [-0.39, 0.29) is 18.1 Å². The largest absolute Gasteiger partial charge is 0.355 e. The van der Waals surface area contributed by atoms with E-state index < -0.39 is 0 Å². The summed E-state index contributed by atoms with van der Waals surface area (Å²) in [6, 6.07) is 6.00. The zero-order chi connectivity index (χ0) is 10.4. The predicted octanol–water partition coefficient (Wildman–Crippen LogP) is 0.443. The van der Waals surface area contributed by atoms with E-state index in [2.05, 4.69) is 5.32 Å². The van der Waals surface area contributed by atoms with Crippen molar-refractivity contribution in [2.24, 2.45) is 5.73 Å². The number of nitrogens with one attached hydrogen (secondary N) is 1. The molecule has 0 saturated heterocycles. The fourth-order valence-electron chi connectivity index (χ4n) is 1.11. The van der Waals surface area contributed by atoms with Crippen LogP contribution in [-0.4, -0.2) is 19.0 Å². The Labute approximate surface area is 82.1 Å². The van der Waals surface area contributed by atoms with Crippen molar-refractivity contribution in [3.8, 4) is 0 Å². The molecule has 0 heterocycles. The van der Waals surface area contributed by atoms with Crippen molar-refractivity contribution in [3.63, 3.8) is 0 Å². The van der Waals surface area contributed by atoms with Crippen LogP contribution in [0.3, 0.4) is 0 Å². The summed E-state index contributed by atoms with van der Waals surface area (Å²) in [6.45, 7) is 0.864. The van der Waals surface area contributed by atoms with Crippen LogP contribution in [-0.2, 0) is 11.2 Å². The van der Waals surface area contributed by atoms with Crippen LogP contribution in [0, 0.1) is 5.82 Å². The van der Waals surface area contributed by atoms with Crippen molar-refractivity contribution in [1.82, 2.24) is 5.32 Å². The number of hydrogen-bond donors (Lipinski definition) is 2. The molecule has 0 fully saturated rings. The number of halogens is 1. The zero-order valence-corrected chi connectivity index (χ0v) is 7.79. The number of rotatable bonds is 4. The van der Waals surface area contributed by atoms with Gasteiger partial charge in [-0.05, 0) is 17.7 Å². The molecule has 1 aromatic carbocycles. The molecule has 1 rings (SSSR count). The van der Waals surface area contributed by atoms with Gasteiger partial charge in [-0.15, -0.1) is 0 Å². The molecule has 0 aliphatic carbocycles. The summed E-state index contributed by atoms with van der Waals surface area (Å²) in [5.74, 6) is -0.463. The van der Waals surface area contributed by atoms with E-state index in [1.165, 1.54) is 12.1 Å². The third-order valence-electron chi connectivity index (χ3n) is 1.72. The van der Waals surface area contributed by atoms with Gasteiger partial charge in [-0.2, -0.15) is 0 Å². The lowest BCUT2D eigenvalue weighted by molar-refractivity contribution is -0.120.